The van der Waals surface area contributed by atoms with Gasteiger partial charge in [0, 0.05) is 18.5 Å². The standard InChI is InChI=1S/C9H8N4O2/c1-6-4-8(15-13-6)12-9(14)7-5-10-2-3-11-7/h2-5H,1H3,(H,12,14). The van der Waals surface area contributed by atoms with Crippen molar-refractivity contribution in [2.75, 3.05) is 5.32 Å². The number of rotatable bonds is 2. The average Bonchev–Trinajstić information content (AvgIpc) is 2.65. The summed E-state index contributed by atoms with van der Waals surface area (Å²) in [5, 5.41) is 6.15. The Morgan fingerprint density at radius 1 is 1.47 bits per heavy atom. The van der Waals surface area contributed by atoms with Crippen LogP contribution in [-0.2, 0) is 0 Å². The molecule has 6 nitrogen and oxygen atoms in total. The predicted molar refractivity (Wildman–Crippen MR) is 51.2 cm³/mol. The number of aryl methyl sites for hydroxylation is 1. The number of carbonyl (C=O) groups excluding carboxylic acids is 1. The van der Waals surface area contributed by atoms with Crippen molar-refractivity contribution in [3.05, 3.63) is 36.0 Å². The van der Waals surface area contributed by atoms with Crippen LogP contribution < -0.4 is 5.32 Å². The summed E-state index contributed by atoms with van der Waals surface area (Å²) >= 11 is 0. The molecule has 2 aromatic heterocycles. The molecule has 0 saturated heterocycles. The summed E-state index contributed by atoms with van der Waals surface area (Å²) in [7, 11) is 0. The van der Waals surface area contributed by atoms with Crippen LogP contribution in [0.1, 0.15) is 16.2 Å². The van der Waals surface area contributed by atoms with E-state index < -0.39 is 0 Å². The number of nitrogens with one attached hydrogen (secondary N) is 1. The summed E-state index contributed by atoms with van der Waals surface area (Å²) in [5.41, 5.74) is 0.927. The van der Waals surface area contributed by atoms with Gasteiger partial charge in [0.05, 0.1) is 11.9 Å². The van der Waals surface area contributed by atoms with Crippen LogP contribution in [0.3, 0.4) is 0 Å². The predicted octanol–water partition coefficient (Wildman–Crippen LogP) is 1.03. The zero-order valence-electron chi connectivity index (χ0n) is 7.97. The first-order chi connectivity index (χ1) is 7.25. The number of amides is 1. The molecule has 15 heavy (non-hydrogen) atoms. The number of carbonyl (C=O) groups is 1. The Morgan fingerprint density at radius 3 is 2.93 bits per heavy atom. The molecular formula is C9H8N4O2. The van der Waals surface area contributed by atoms with Gasteiger partial charge in [-0.05, 0) is 6.92 Å². The van der Waals surface area contributed by atoms with Gasteiger partial charge in [-0.25, -0.2) is 4.98 Å². The molecule has 0 saturated carbocycles. The zero-order valence-corrected chi connectivity index (χ0v) is 7.97. The fourth-order valence-corrected chi connectivity index (χ4v) is 1.01. The van der Waals surface area contributed by atoms with Crippen molar-refractivity contribution in [2.45, 2.75) is 6.92 Å². The maximum absolute atomic E-state index is 11.5. The molecule has 0 spiro atoms. The number of anilines is 1. The van der Waals surface area contributed by atoms with Crippen LogP contribution >= 0.6 is 0 Å². The number of aromatic nitrogens is 3. The van der Waals surface area contributed by atoms with Crippen molar-refractivity contribution in [1.29, 1.82) is 0 Å². The van der Waals surface area contributed by atoms with E-state index in [2.05, 4.69) is 20.4 Å². The van der Waals surface area contributed by atoms with Gasteiger partial charge in [-0.1, -0.05) is 5.16 Å². The minimum atomic E-state index is -0.376. The largest absolute Gasteiger partial charge is 0.338 e. The Morgan fingerprint density at radius 2 is 2.33 bits per heavy atom. The Kier molecular flexibility index (Phi) is 2.40. The van der Waals surface area contributed by atoms with E-state index >= 15 is 0 Å². The highest BCUT2D eigenvalue weighted by Gasteiger charge is 2.09. The van der Waals surface area contributed by atoms with Gasteiger partial charge in [0.25, 0.3) is 5.91 Å². The summed E-state index contributed by atoms with van der Waals surface area (Å²) in [4.78, 5) is 19.1. The Labute approximate surface area is 85.3 Å². The third-order valence-electron chi connectivity index (χ3n) is 1.66. The van der Waals surface area contributed by atoms with E-state index in [1.807, 2.05) is 0 Å². The van der Waals surface area contributed by atoms with Gasteiger partial charge in [-0.15, -0.1) is 0 Å². The van der Waals surface area contributed by atoms with Crippen LogP contribution in [-0.4, -0.2) is 21.0 Å². The first-order valence-electron chi connectivity index (χ1n) is 4.26. The lowest BCUT2D eigenvalue weighted by Crippen LogP contribution is -2.13. The van der Waals surface area contributed by atoms with Gasteiger partial charge in [-0.3, -0.25) is 15.1 Å². The number of nitrogens with zero attached hydrogens (tertiary/aromatic N) is 3. The molecule has 0 bridgehead atoms. The van der Waals surface area contributed by atoms with Gasteiger partial charge in [0.1, 0.15) is 5.69 Å². The van der Waals surface area contributed by atoms with Gasteiger partial charge >= 0.3 is 0 Å². The molecule has 0 fully saturated rings. The van der Waals surface area contributed by atoms with E-state index in [-0.39, 0.29) is 11.6 Å². The molecule has 0 aliphatic heterocycles. The van der Waals surface area contributed by atoms with Crippen LogP contribution in [0.15, 0.2) is 29.2 Å². The average molecular weight is 204 g/mol. The second-order valence-corrected chi connectivity index (χ2v) is 2.88. The van der Waals surface area contributed by atoms with E-state index in [0.717, 1.165) is 0 Å². The lowest BCUT2D eigenvalue weighted by Gasteiger charge is -1.98. The minimum absolute atomic E-state index is 0.228. The second-order valence-electron chi connectivity index (χ2n) is 2.88. The Hall–Kier alpha value is -2.24. The smallest absolute Gasteiger partial charge is 0.278 e. The Bertz CT molecular complexity index is 466. The molecule has 0 atom stereocenters. The van der Waals surface area contributed by atoms with Crippen LogP contribution in [0, 0.1) is 6.92 Å². The number of hydrogen-bond donors (Lipinski definition) is 1. The molecule has 2 rings (SSSR count). The quantitative estimate of drug-likeness (QED) is 0.789. The van der Waals surface area contributed by atoms with E-state index in [1.165, 1.54) is 18.6 Å². The summed E-state index contributed by atoms with van der Waals surface area (Å²) in [5.74, 6) is -0.0811. The maximum atomic E-state index is 11.5. The number of hydrogen-bond acceptors (Lipinski definition) is 5. The molecule has 2 aromatic rings. The molecule has 0 unspecified atom stereocenters. The summed E-state index contributed by atoms with van der Waals surface area (Å²) in [6.45, 7) is 1.77. The molecule has 2 heterocycles. The van der Waals surface area contributed by atoms with Crippen molar-refractivity contribution in [3.63, 3.8) is 0 Å². The third kappa shape index (κ3) is 2.16. The van der Waals surface area contributed by atoms with Gasteiger partial charge in [-0.2, -0.15) is 0 Å². The van der Waals surface area contributed by atoms with Crippen molar-refractivity contribution in [2.24, 2.45) is 0 Å². The topological polar surface area (TPSA) is 80.9 Å². The van der Waals surface area contributed by atoms with Crippen LogP contribution in [0.5, 0.6) is 0 Å². The second kappa shape index (κ2) is 3.87. The SMILES string of the molecule is Cc1cc(NC(=O)c2cnccn2)on1. The fourth-order valence-electron chi connectivity index (χ4n) is 1.01. The molecule has 76 valence electrons. The molecule has 1 amide bonds. The monoisotopic (exact) mass is 204 g/mol. The fraction of sp³-hybridized carbons (Fsp3) is 0.111. The molecule has 0 aliphatic carbocycles. The maximum Gasteiger partial charge on any atom is 0.278 e. The zero-order chi connectivity index (χ0) is 10.7. The lowest BCUT2D eigenvalue weighted by molar-refractivity contribution is 0.101. The highest BCUT2D eigenvalue weighted by Crippen LogP contribution is 2.09. The lowest BCUT2D eigenvalue weighted by atomic mass is 10.4. The van der Waals surface area contributed by atoms with Crippen LogP contribution in [0.25, 0.3) is 0 Å². The Balaban J connectivity index is 2.11. The summed E-state index contributed by atoms with van der Waals surface area (Å²) in [6, 6.07) is 1.62. The van der Waals surface area contributed by atoms with Crippen molar-refractivity contribution < 1.29 is 9.32 Å². The van der Waals surface area contributed by atoms with E-state index in [9.17, 15) is 4.79 Å². The van der Waals surface area contributed by atoms with Crippen LogP contribution in [0.2, 0.25) is 0 Å². The van der Waals surface area contributed by atoms with Crippen molar-refractivity contribution >= 4 is 11.8 Å². The minimum Gasteiger partial charge on any atom is -0.338 e. The van der Waals surface area contributed by atoms with Gasteiger partial charge < -0.3 is 4.52 Å². The van der Waals surface area contributed by atoms with E-state index in [0.29, 0.717) is 11.6 Å². The highest BCUT2D eigenvalue weighted by atomic mass is 16.5. The highest BCUT2D eigenvalue weighted by molar-refractivity contribution is 6.01. The third-order valence-corrected chi connectivity index (χ3v) is 1.66. The molecule has 1 N–H and O–H groups in total. The summed E-state index contributed by atoms with van der Waals surface area (Å²) in [6.07, 6.45) is 4.31. The van der Waals surface area contributed by atoms with Crippen LogP contribution in [0.4, 0.5) is 5.88 Å². The molecule has 0 aliphatic rings. The molecule has 0 radical (unpaired) electrons. The van der Waals surface area contributed by atoms with Gasteiger partial charge in [0.15, 0.2) is 0 Å². The van der Waals surface area contributed by atoms with Crippen molar-refractivity contribution in [1.82, 2.24) is 15.1 Å². The normalized spacial score (nSPS) is 9.93. The van der Waals surface area contributed by atoms with Gasteiger partial charge in [0.2, 0.25) is 5.88 Å². The first kappa shape index (κ1) is 9.32. The molecule has 0 aromatic carbocycles. The molecule has 6 heteroatoms. The molecular weight excluding hydrogens is 196 g/mol. The van der Waals surface area contributed by atoms with Crippen molar-refractivity contribution in [3.8, 4) is 0 Å². The first-order valence-corrected chi connectivity index (χ1v) is 4.26. The summed E-state index contributed by atoms with van der Waals surface area (Å²) < 4.78 is 4.83. The van der Waals surface area contributed by atoms with E-state index in [1.54, 1.807) is 13.0 Å². The van der Waals surface area contributed by atoms with E-state index in [4.69, 9.17) is 4.52 Å².